The highest BCUT2D eigenvalue weighted by atomic mass is 32.1. The first-order valence-corrected chi connectivity index (χ1v) is 8.20. The summed E-state index contributed by atoms with van der Waals surface area (Å²) in [5, 5.41) is 12.9. The van der Waals surface area contributed by atoms with Crippen molar-refractivity contribution in [3.8, 4) is 0 Å². The summed E-state index contributed by atoms with van der Waals surface area (Å²) in [5.74, 6) is -0.637. The van der Waals surface area contributed by atoms with E-state index in [4.69, 9.17) is 0 Å². The van der Waals surface area contributed by atoms with E-state index >= 15 is 0 Å². The Morgan fingerprint density at radius 3 is 2.87 bits per heavy atom. The summed E-state index contributed by atoms with van der Waals surface area (Å²) in [4.78, 5) is 39.7. The minimum absolute atomic E-state index is 0.116. The molecule has 0 saturated carbocycles. The summed E-state index contributed by atoms with van der Waals surface area (Å²) in [5.41, 5.74) is -1.37. The third kappa shape index (κ3) is 3.27. The van der Waals surface area contributed by atoms with Gasteiger partial charge in [-0.25, -0.2) is 4.79 Å². The fourth-order valence-electron chi connectivity index (χ4n) is 1.89. The molecule has 0 bridgehead atoms. The van der Waals surface area contributed by atoms with Crippen LogP contribution in [0.3, 0.4) is 0 Å². The Hall–Kier alpha value is -2.59. The zero-order valence-corrected chi connectivity index (χ0v) is 13.5. The van der Waals surface area contributed by atoms with Gasteiger partial charge in [0.25, 0.3) is 11.5 Å². The molecule has 0 saturated heterocycles. The van der Waals surface area contributed by atoms with Crippen molar-refractivity contribution in [3.63, 3.8) is 0 Å². The predicted octanol–water partition coefficient (Wildman–Crippen LogP) is 1.06. The first-order valence-electron chi connectivity index (χ1n) is 6.51. The van der Waals surface area contributed by atoms with Crippen LogP contribution in [-0.2, 0) is 6.54 Å². The van der Waals surface area contributed by atoms with Crippen molar-refractivity contribution in [2.45, 2.75) is 13.5 Å². The number of anilines is 1. The molecule has 0 radical (unpaired) electrons. The molecule has 8 nitrogen and oxygen atoms in total. The van der Waals surface area contributed by atoms with Crippen LogP contribution < -0.4 is 16.6 Å². The van der Waals surface area contributed by atoms with E-state index in [9.17, 15) is 14.4 Å². The van der Waals surface area contributed by atoms with E-state index in [1.807, 2.05) is 17.5 Å². The maximum atomic E-state index is 12.4. The Morgan fingerprint density at radius 2 is 2.22 bits per heavy atom. The summed E-state index contributed by atoms with van der Waals surface area (Å²) >= 11 is 2.62. The van der Waals surface area contributed by atoms with Gasteiger partial charge < -0.3 is 4.98 Å². The van der Waals surface area contributed by atoms with Crippen LogP contribution in [0.4, 0.5) is 5.13 Å². The lowest BCUT2D eigenvalue weighted by Crippen LogP contribution is -2.39. The molecular formula is C13H11N5O3S2. The number of carbonyl (C=O) groups excluding carboxylic acids is 1. The van der Waals surface area contributed by atoms with E-state index in [1.165, 1.54) is 22.7 Å². The van der Waals surface area contributed by atoms with Gasteiger partial charge in [0, 0.05) is 11.1 Å². The monoisotopic (exact) mass is 349 g/mol. The topological polar surface area (TPSA) is 110 Å². The second-order valence-corrected chi connectivity index (χ2v) is 6.77. The number of H-pyrrole nitrogens is 1. The molecule has 3 aromatic heterocycles. The van der Waals surface area contributed by atoms with Gasteiger partial charge in [0.15, 0.2) is 0 Å². The van der Waals surface area contributed by atoms with Crippen LogP contribution in [0, 0.1) is 6.92 Å². The van der Waals surface area contributed by atoms with Crippen LogP contribution >= 0.6 is 22.7 Å². The fraction of sp³-hybridized carbons (Fsp3) is 0.154. The number of amides is 1. The predicted molar refractivity (Wildman–Crippen MR) is 87.3 cm³/mol. The van der Waals surface area contributed by atoms with Gasteiger partial charge in [0.2, 0.25) is 5.13 Å². The van der Waals surface area contributed by atoms with Gasteiger partial charge in [0.1, 0.15) is 10.6 Å². The Morgan fingerprint density at radius 1 is 1.39 bits per heavy atom. The molecule has 0 aliphatic heterocycles. The highest BCUT2D eigenvalue weighted by molar-refractivity contribution is 7.15. The highest BCUT2D eigenvalue weighted by Crippen LogP contribution is 2.14. The maximum absolute atomic E-state index is 12.4. The molecule has 0 aliphatic carbocycles. The average Bonchev–Trinajstić information content (AvgIpc) is 3.15. The first kappa shape index (κ1) is 15.3. The van der Waals surface area contributed by atoms with Crippen LogP contribution in [0.2, 0.25) is 0 Å². The summed E-state index contributed by atoms with van der Waals surface area (Å²) in [7, 11) is 0. The minimum atomic E-state index is -0.652. The van der Waals surface area contributed by atoms with Crippen molar-refractivity contribution in [2.75, 3.05) is 5.32 Å². The van der Waals surface area contributed by atoms with Crippen LogP contribution in [0.5, 0.6) is 0 Å². The summed E-state index contributed by atoms with van der Waals surface area (Å²) < 4.78 is 0.992. The third-order valence-electron chi connectivity index (χ3n) is 2.95. The standard InChI is InChI=1S/C13H11N5O3S2/c1-7-16-17-12(23-7)15-10(19)9-5-14-13(21)18(11(9)20)6-8-3-2-4-22-8/h2-5H,6H2,1H3,(H,14,21)(H,15,17,19). The van der Waals surface area contributed by atoms with Gasteiger partial charge in [-0.15, -0.1) is 21.5 Å². The Labute approximate surface area is 137 Å². The van der Waals surface area contributed by atoms with Crippen LogP contribution in [-0.4, -0.2) is 25.7 Å². The highest BCUT2D eigenvalue weighted by Gasteiger charge is 2.16. The molecule has 10 heteroatoms. The fourth-order valence-corrected chi connectivity index (χ4v) is 3.17. The van der Waals surface area contributed by atoms with Crippen molar-refractivity contribution in [1.82, 2.24) is 19.7 Å². The molecule has 118 valence electrons. The van der Waals surface area contributed by atoms with Gasteiger partial charge in [-0.05, 0) is 18.4 Å². The number of hydrogen-bond donors (Lipinski definition) is 2. The van der Waals surface area contributed by atoms with E-state index in [1.54, 1.807) is 6.92 Å². The van der Waals surface area contributed by atoms with Crippen LogP contribution in [0.1, 0.15) is 20.2 Å². The van der Waals surface area contributed by atoms with Gasteiger partial charge in [-0.3, -0.25) is 19.5 Å². The number of aryl methyl sites for hydroxylation is 1. The largest absolute Gasteiger partial charge is 0.328 e. The maximum Gasteiger partial charge on any atom is 0.328 e. The number of rotatable bonds is 4. The quantitative estimate of drug-likeness (QED) is 0.732. The van der Waals surface area contributed by atoms with Gasteiger partial charge in [-0.1, -0.05) is 17.4 Å². The van der Waals surface area contributed by atoms with Gasteiger partial charge >= 0.3 is 5.69 Å². The van der Waals surface area contributed by atoms with E-state index < -0.39 is 17.2 Å². The summed E-state index contributed by atoms with van der Waals surface area (Å²) in [6.07, 6.45) is 1.11. The van der Waals surface area contributed by atoms with E-state index in [0.717, 1.165) is 15.6 Å². The number of aromatic nitrogens is 4. The molecule has 0 spiro atoms. The minimum Gasteiger partial charge on any atom is -0.313 e. The molecule has 0 aromatic carbocycles. The molecule has 0 unspecified atom stereocenters. The first-order chi connectivity index (χ1) is 11.0. The van der Waals surface area contributed by atoms with E-state index in [-0.39, 0.29) is 12.1 Å². The van der Waals surface area contributed by atoms with Gasteiger partial charge in [0.05, 0.1) is 6.54 Å². The van der Waals surface area contributed by atoms with Crippen LogP contribution in [0.25, 0.3) is 0 Å². The second kappa shape index (κ2) is 6.26. The number of aromatic amines is 1. The molecule has 0 aliphatic rings. The lowest BCUT2D eigenvalue weighted by Gasteiger charge is -2.05. The molecule has 3 rings (SSSR count). The van der Waals surface area contributed by atoms with Gasteiger partial charge in [-0.2, -0.15) is 0 Å². The van der Waals surface area contributed by atoms with Crippen molar-refractivity contribution >= 4 is 33.7 Å². The Bertz CT molecular complexity index is 955. The van der Waals surface area contributed by atoms with E-state index in [0.29, 0.717) is 10.1 Å². The normalized spacial score (nSPS) is 10.7. The molecule has 0 fully saturated rings. The molecular weight excluding hydrogens is 338 g/mol. The lowest BCUT2D eigenvalue weighted by molar-refractivity contribution is 0.102. The zero-order valence-electron chi connectivity index (χ0n) is 11.9. The molecule has 0 atom stereocenters. The van der Waals surface area contributed by atoms with Crippen molar-refractivity contribution in [3.05, 3.63) is 60.0 Å². The second-order valence-electron chi connectivity index (χ2n) is 4.56. The third-order valence-corrected chi connectivity index (χ3v) is 4.56. The SMILES string of the molecule is Cc1nnc(NC(=O)c2c[nH]c(=O)n(Cc3cccs3)c2=O)s1. The number of nitrogens with one attached hydrogen (secondary N) is 2. The summed E-state index contributed by atoms with van der Waals surface area (Å²) in [6.45, 7) is 1.87. The van der Waals surface area contributed by atoms with Crippen molar-refractivity contribution in [1.29, 1.82) is 0 Å². The van der Waals surface area contributed by atoms with Crippen LogP contribution in [0.15, 0.2) is 33.3 Å². The molecule has 2 N–H and O–H groups in total. The van der Waals surface area contributed by atoms with Crippen molar-refractivity contribution < 1.29 is 4.79 Å². The number of carbonyl (C=O) groups is 1. The Kier molecular flexibility index (Phi) is 4.17. The number of thiophene rings is 1. The lowest BCUT2D eigenvalue weighted by atomic mass is 10.3. The Balaban J connectivity index is 1.92. The number of nitrogens with zero attached hydrogens (tertiary/aromatic N) is 3. The zero-order chi connectivity index (χ0) is 16.4. The summed E-state index contributed by atoms with van der Waals surface area (Å²) in [6, 6.07) is 3.64. The average molecular weight is 349 g/mol. The number of hydrogen-bond acceptors (Lipinski definition) is 7. The molecule has 3 heterocycles. The molecule has 1 amide bonds. The molecule has 3 aromatic rings. The van der Waals surface area contributed by atoms with Crippen molar-refractivity contribution in [2.24, 2.45) is 0 Å². The molecule has 23 heavy (non-hydrogen) atoms. The smallest absolute Gasteiger partial charge is 0.313 e. The van der Waals surface area contributed by atoms with E-state index in [2.05, 4.69) is 20.5 Å².